The third-order valence-electron chi connectivity index (χ3n) is 2.05. The number of carbonyl (C=O) groups excluding carboxylic acids is 1. The fraction of sp³-hybridized carbons (Fsp3) is 0.0909. The van der Waals surface area contributed by atoms with Gasteiger partial charge in [-0.15, -0.1) is 11.3 Å². The molecule has 0 bridgehead atoms. The predicted molar refractivity (Wildman–Crippen MR) is 63.9 cm³/mol. The highest BCUT2D eigenvalue weighted by Gasteiger charge is 2.13. The minimum atomic E-state index is -0.476. The second-order valence-corrected chi connectivity index (χ2v) is 4.34. The molecule has 0 aromatic carbocycles. The number of thiophene rings is 1. The van der Waals surface area contributed by atoms with Crippen LogP contribution in [0.2, 0.25) is 5.15 Å². The summed E-state index contributed by atoms with van der Waals surface area (Å²) in [5.41, 5.74) is 1.15. The van der Waals surface area contributed by atoms with E-state index < -0.39 is 5.97 Å². The maximum absolute atomic E-state index is 11.4. The van der Waals surface area contributed by atoms with Gasteiger partial charge in [-0.05, 0) is 17.5 Å². The Labute approximate surface area is 102 Å². The molecule has 0 atom stereocenters. The van der Waals surface area contributed by atoms with Crippen molar-refractivity contribution in [2.75, 3.05) is 7.11 Å². The van der Waals surface area contributed by atoms with Gasteiger partial charge in [0.1, 0.15) is 5.15 Å². The molecule has 0 radical (unpaired) electrons. The van der Waals surface area contributed by atoms with Crippen LogP contribution in [0.3, 0.4) is 0 Å². The van der Waals surface area contributed by atoms with Crippen LogP contribution in [0.1, 0.15) is 10.4 Å². The van der Waals surface area contributed by atoms with Crippen molar-refractivity contribution in [3.8, 4) is 10.4 Å². The third kappa shape index (κ3) is 2.08. The average molecular weight is 254 g/mol. The van der Waals surface area contributed by atoms with Crippen LogP contribution in [0.25, 0.3) is 10.4 Å². The Morgan fingerprint density at radius 2 is 2.38 bits per heavy atom. The topological polar surface area (TPSA) is 39.2 Å². The Balaban J connectivity index is 2.47. The molecule has 16 heavy (non-hydrogen) atoms. The fourth-order valence-corrected chi connectivity index (χ4v) is 2.17. The van der Waals surface area contributed by atoms with Crippen LogP contribution in [-0.2, 0) is 4.74 Å². The molecule has 0 spiro atoms. The standard InChI is InChI=1S/C11H8ClNO2S/c1-15-11(14)8-5-7(6-13-10(8)12)9-3-2-4-16-9/h2-6H,1H3. The molecule has 5 heteroatoms. The van der Waals surface area contributed by atoms with Gasteiger partial charge in [0.2, 0.25) is 0 Å². The highest BCUT2D eigenvalue weighted by molar-refractivity contribution is 7.13. The Morgan fingerprint density at radius 1 is 1.56 bits per heavy atom. The number of hydrogen-bond acceptors (Lipinski definition) is 4. The zero-order valence-corrected chi connectivity index (χ0v) is 10.0. The van der Waals surface area contributed by atoms with E-state index in [4.69, 9.17) is 11.6 Å². The van der Waals surface area contributed by atoms with E-state index in [0.29, 0.717) is 0 Å². The van der Waals surface area contributed by atoms with Crippen molar-refractivity contribution in [3.63, 3.8) is 0 Å². The number of rotatable bonds is 2. The van der Waals surface area contributed by atoms with Gasteiger partial charge in [0.05, 0.1) is 12.7 Å². The summed E-state index contributed by atoms with van der Waals surface area (Å²) >= 11 is 7.40. The molecule has 0 aliphatic rings. The van der Waals surface area contributed by atoms with Gasteiger partial charge < -0.3 is 4.74 Å². The van der Waals surface area contributed by atoms with Crippen LogP contribution >= 0.6 is 22.9 Å². The zero-order valence-electron chi connectivity index (χ0n) is 8.44. The molecule has 2 heterocycles. The number of nitrogens with zero attached hydrogens (tertiary/aromatic N) is 1. The minimum absolute atomic E-state index is 0.159. The number of pyridine rings is 1. The molecule has 82 valence electrons. The fourth-order valence-electron chi connectivity index (χ4n) is 1.28. The number of aromatic nitrogens is 1. The molecular formula is C11H8ClNO2S. The first-order valence-corrected chi connectivity index (χ1v) is 5.76. The number of halogens is 1. The van der Waals surface area contributed by atoms with Gasteiger partial charge in [0.15, 0.2) is 0 Å². The lowest BCUT2D eigenvalue weighted by atomic mass is 10.2. The van der Waals surface area contributed by atoms with Crippen LogP contribution in [0.15, 0.2) is 29.8 Å². The van der Waals surface area contributed by atoms with Crippen LogP contribution in [-0.4, -0.2) is 18.1 Å². The average Bonchev–Trinajstić information content (AvgIpc) is 2.82. The summed E-state index contributed by atoms with van der Waals surface area (Å²) in [5.74, 6) is -0.476. The summed E-state index contributed by atoms with van der Waals surface area (Å²) in [7, 11) is 1.32. The Morgan fingerprint density at radius 3 is 3.00 bits per heavy atom. The molecule has 2 aromatic rings. The maximum atomic E-state index is 11.4. The van der Waals surface area contributed by atoms with E-state index in [2.05, 4.69) is 9.72 Å². The maximum Gasteiger partial charge on any atom is 0.341 e. The largest absolute Gasteiger partial charge is 0.465 e. The summed E-state index contributed by atoms with van der Waals surface area (Å²) in [6.07, 6.45) is 1.64. The van der Waals surface area contributed by atoms with Crippen molar-refractivity contribution in [2.45, 2.75) is 0 Å². The number of esters is 1. The SMILES string of the molecule is COC(=O)c1cc(-c2cccs2)cnc1Cl. The van der Waals surface area contributed by atoms with Crippen molar-refractivity contribution in [1.82, 2.24) is 4.98 Å². The van der Waals surface area contributed by atoms with E-state index >= 15 is 0 Å². The van der Waals surface area contributed by atoms with Gasteiger partial charge in [-0.2, -0.15) is 0 Å². The molecule has 3 nitrogen and oxygen atoms in total. The van der Waals surface area contributed by atoms with Crippen molar-refractivity contribution in [2.24, 2.45) is 0 Å². The van der Waals surface area contributed by atoms with Gasteiger partial charge >= 0.3 is 5.97 Å². The molecule has 0 unspecified atom stereocenters. The molecule has 2 aromatic heterocycles. The molecule has 0 saturated carbocycles. The van der Waals surface area contributed by atoms with Gasteiger partial charge in [-0.1, -0.05) is 17.7 Å². The minimum Gasteiger partial charge on any atom is -0.465 e. The van der Waals surface area contributed by atoms with Gasteiger partial charge in [-0.25, -0.2) is 9.78 Å². The number of methoxy groups -OCH3 is 1. The van der Waals surface area contributed by atoms with Gasteiger partial charge in [0.25, 0.3) is 0 Å². The van der Waals surface area contributed by atoms with E-state index in [1.807, 2.05) is 17.5 Å². The monoisotopic (exact) mass is 253 g/mol. The molecule has 2 rings (SSSR count). The molecule has 0 N–H and O–H groups in total. The molecule has 0 fully saturated rings. The molecule has 0 amide bonds. The van der Waals surface area contributed by atoms with Crippen molar-refractivity contribution in [3.05, 3.63) is 40.5 Å². The molecule has 0 saturated heterocycles. The Bertz CT molecular complexity index is 511. The predicted octanol–water partition coefficient (Wildman–Crippen LogP) is 3.25. The second-order valence-electron chi connectivity index (χ2n) is 3.03. The highest BCUT2D eigenvalue weighted by Crippen LogP contribution is 2.27. The summed E-state index contributed by atoms with van der Waals surface area (Å²) in [4.78, 5) is 16.4. The van der Waals surface area contributed by atoms with E-state index in [1.165, 1.54) is 7.11 Å². The van der Waals surface area contributed by atoms with Crippen LogP contribution in [0.4, 0.5) is 0 Å². The zero-order chi connectivity index (χ0) is 11.5. The van der Waals surface area contributed by atoms with Gasteiger partial charge in [-0.3, -0.25) is 0 Å². The van der Waals surface area contributed by atoms with Gasteiger partial charge in [0, 0.05) is 16.6 Å². The number of carbonyl (C=O) groups is 1. The van der Waals surface area contributed by atoms with Crippen molar-refractivity contribution < 1.29 is 9.53 Å². The lowest BCUT2D eigenvalue weighted by Crippen LogP contribution is -2.03. The van der Waals surface area contributed by atoms with Crippen LogP contribution in [0.5, 0.6) is 0 Å². The van der Waals surface area contributed by atoms with Crippen LogP contribution in [0, 0.1) is 0 Å². The summed E-state index contributed by atoms with van der Waals surface area (Å²) < 4.78 is 4.63. The normalized spacial score (nSPS) is 10.1. The molecule has 0 aliphatic carbocycles. The first-order chi connectivity index (χ1) is 7.72. The summed E-state index contributed by atoms with van der Waals surface area (Å²) in [6, 6.07) is 5.58. The number of ether oxygens (including phenoxy) is 1. The van der Waals surface area contributed by atoms with E-state index in [0.717, 1.165) is 10.4 Å². The van der Waals surface area contributed by atoms with Crippen molar-refractivity contribution >= 4 is 28.9 Å². The molecule has 0 aliphatic heterocycles. The van der Waals surface area contributed by atoms with Crippen LogP contribution < -0.4 is 0 Å². The van der Waals surface area contributed by atoms with E-state index in [9.17, 15) is 4.79 Å². The lowest BCUT2D eigenvalue weighted by molar-refractivity contribution is 0.0600. The Kier molecular flexibility index (Phi) is 3.22. The first kappa shape index (κ1) is 11.1. The lowest BCUT2D eigenvalue weighted by Gasteiger charge is -2.03. The smallest absolute Gasteiger partial charge is 0.341 e. The molecular weight excluding hydrogens is 246 g/mol. The van der Waals surface area contributed by atoms with Crippen molar-refractivity contribution in [1.29, 1.82) is 0 Å². The third-order valence-corrected chi connectivity index (χ3v) is 3.27. The summed E-state index contributed by atoms with van der Waals surface area (Å²) in [5, 5.41) is 2.12. The quantitative estimate of drug-likeness (QED) is 0.609. The van der Waals surface area contributed by atoms with E-state index in [-0.39, 0.29) is 10.7 Å². The Hall–Kier alpha value is -1.39. The highest BCUT2D eigenvalue weighted by atomic mass is 35.5. The summed E-state index contributed by atoms with van der Waals surface area (Å²) in [6.45, 7) is 0. The first-order valence-electron chi connectivity index (χ1n) is 4.50. The second kappa shape index (κ2) is 4.63. The number of hydrogen-bond donors (Lipinski definition) is 0. The van der Waals surface area contributed by atoms with E-state index in [1.54, 1.807) is 23.6 Å².